The summed E-state index contributed by atoms with van der Waals surface area (Å²) in [7, 11) is 0. The van der Waals surface area contributed by atoms with E-state index in [4.69, 9.17) is 5.73 Å². The van der Waals surface area contributed by atoms with Crippen molar-refractivity contribution >= 4 is 29.4 Å². The largest absolute Gasteiger partial charge is 0.340 e. The Balaban J connectivity index is 1.87. The van der Waals surface area contributed by atoms with Crippen molar-refractivity contribution in [2.45, 2.75) is 17.7 Å². The molecule has 2 aliphatic rings. The minimum absolute atomic E-state index is 0.194. The van der Waals surface area contributed by atoms with E-state index in [1.165, 1.54) is 5.75 Å². The highest BCUT2D eigenvalue weighted by molar-refractivity contribution is 8.07. The summed E-state index contributed by atoms with van der Waals surface area (Å²) in [5, 5.41) is 0.194. The van der Waals surface area contributed by atoms with Gasteiger partial charge >= 0.3 is 0 Å². The molecule has 5 heteroatoms. The fourth-order valence-electron chi connectivity index (χ4n) is 1.82. The number of nitrogens with two attached hydrogens (primary N) is 1. The quantitative estimate of drug-likeness (QED) is 0.711. The van der Waals surface area contributed by atoms with Crippen LogP contribution >= 0.6 is 23.5 Å². The van der Waals surface area contributed by atoms with E-state index in [0.29, 0.717) is 5.91 Å². The summed E-state index contributed by atoms with van der Waals surface area (Å²) in [6.45, 7) is 1.63. The Bertz CT molecular complexity index is 212. The molecule has 3 nitrogen and oxygen atoms in total. The lowest BCUT2D eigenvalue weighted by Gasteiger charge is -2.25. The SMILES string of the molecule is N[C@H]1CCN(C(=O)C2CSCCS2)C1. The molecule has 0 spiro atoms. The highest BCUT2D eigenvalue weighted by Gasteiger charge is 2.30. The van der Waals surface area contributed by atoms with Crippen molar-refractivity contribution in [3.8, 4) is 0 Å². The molecule has 0 aliphatic carbocycles. The molecule has 0 aromatic carbocycles. The number of thioether (sulfide) groups is 2. The molecule has 0 saturated carbocycles. The van der Waals surface area contributed by atoms with Crippen LogP contribution in [-0.4, -0.2) is 52.4 Å². The van der Waals surface area contributed by atoms with Gasteiger partial charge in [-0.05, 0) is 6.42 Å². The topological polar surface area (TPSA) is 46.3 Å². The molecule has 2 heterocycles. The van der Waals surface area contributed by atoms with E-state index < -0.39 is 0 Å². The van der Waals surface area contributed by atoms with Crippen molar-refractivity contribution in [3.63, 3.8) is 0 Å². The van der Waals surface area contributed by atoms with Gasteiger partial charge in [-0.2, -0.15) is 11.8 Å². The standard InChI is InChI=1S/C9H16N2OS2/c10-7-1-2-11(5-7)9(12)8-6-13-3-4-14-8/h7-8H,1-6,10H2/t7-,8?/m0/s1. The summed E-state index contributed by atoms with van der Waals surface area (Å²) in [5.41, 5.74) is 5.79. The lowest BCUT2D eigenvalue weighted by molar-refractivity contribution is -0.129. The maximum absolute atomic E-state index is 12.0. The van der Waals surface area contributed by atoms with Gasteiger partial charge in [0.05, 0.1) is 5.25 Å². The maximum atomic E-state index is 12.0. The third-order valence-corrected chi connectivity index (χ3v) is 5.37. The van der Waals surface area contributed by atoms with Gasteiger partial charge in [0, 0.05) is 36.4 Å². The fraction of sp³-hybridized carbons (Fsp3) is 0.889. The Hall–Kier alpha value is 0.130. The van der Waals surface area contributed by atoms with Gasteiger partial charge in [0.2, 0.25) is 5.91 Å². The molecule has 1 unspecified atom stereocenters. The molecule has 2 fully saturated rings. The number of rotatable bonds is 1. The Labute approximate surface area is 93.2 Å². The summed E-state index contributed by atoms with van der Waals surface area (Å²) in [6, 6.07) is 0.209. The van der Waals surface area contributed by atoms with Crippen LogP contribution in [0.2, 0.25) is 0 Å². The van der Waals surface area contributed by atoms with Gasteiger partial charge in [-0.1, -0.05) is 0 Å². The summed E-state index contributed by atoms with van der Waals surface area (Å²) in [4.78, 5) is 13.9. The second-order valence-electron chi connectivity index (χ2n) is 3.77. The molecule has 0 aromatic rings. The van der Waals surface area contributed by atoms with Gasteiger partial charge < -0.3 is 10.6 Å². The first-order chi connectivity index (χ1) is 6.77. The molecule has 2 rings (SSSR count). The minimum atomic E-state index is 0.194. The van der Waals surface area contributed by atoms with Gasteiger partial charge in [-0.3, -0.25) is 4.79 Å². The van der Waals surface area contributed by atoms with Crippen molar-refractivity contribution in [2.75, 3.05) is 30.3 Å². The molecule has 0 radical (unpaired) electrons. The normalized spacial score (nSPS) is 33.4. The highest BCUT2D eigenvalue weighted by Crippen LogP contribution is 2.26. The number of likely N-dealkylation sites (tertiary alicyclic amines) is 1. The smallest absolute Gasteiger partial charge is 0.236 e. The molecular weight excluding hydrogens is 216 g/mol. The van der Waals surface area contributed by atoms with Crippen LogP contribution in [0.4, 0.5) is 0 Å². The fourth-order valence-corrected chi connectivity index (χ4v) is 4.45. The van der Waals surface area contributed by atoms with Gasteiger partial charge in [0.15, 0.2) is 0 Å². The van der Waals surface area contributed by atoms with E-state index in [2.05, 4.69) is 0 Å². The van der Waals surface area contributed by atoms with Crippen molar-refractivity contribution in [2.24, 2.45) is 5.73 Å². The van der Waals surface area contributed by atoms with Gasteiger partial charge in [-0.15, -0.1) is 11.8 Å². The zero-order valence-corrected chi connectivity index (χ0v) is 9.78. The zero-order valence-electron chi connectivity index (χ0n) is 8.15. The molecule has 0 bridgehead atoms. The molecule has 80 valence electrons. The van der Waals surface area contributed by atoms with Crippen LogP contribution < -0.4 is 5.73 Å². The van der Waals surface area contributed by atoms with E-state index in [1.54, 1.807) is 11.8 Å². The average molecular weight is 232 g/mol. The van der Waals surface area contributed by atoms with E-state index in [0.717, 1.165) is 31.0 Å². The molecule has 2 N–H and O–H groups in total. The first-order valence-electron chi connectivity index (χ1n) is 5.01. The molecule has 1 amide bonds. The van der Waals surface area contributed by atoms with Crippen LogP contribution in [0, 0.1) is 0 Å². The number of carbonyl (C=O) groups excluding carboxylic acids is 1. The molecule has 14 heavy (non-hydrogen) atoms. The van der Waals surface area contributed by atoms with E-state index in [9.17, 15) is 4.79 Å². The van der Waals surface area contributed by atoms with Gasteiger partial charge in [0.25, 0.3) is 0 Å². The number of amides is 1. The minimum Gasteiger partial charge on any atom is -0.340 e. The number of hydrogen-bond acceptors (Lipinski definition) is 4. The van der Waals surface area contributed by atoms with Crippen molar-refractivity contribution < 1.29 is 4.79 Å². The second kappa shape index (κ2) is 4.77. The third kappa shape index (κ3) is 2.38. The van der Waals surface area contributed by atoms with Crippen LogP contribution in [0.25, 0.3) is 0 Å². The first-order valence-corrected chi connectivity index (χ1v) is 7.21. The summed E-state index contributed by atoms with van der Waals surface area (Å²) < 4.78 is 0. The Morgan fingerprint density at radius 3 is 2.86 bits per heavy atom. The first kappa shape index (κ1) is 10.6. The molecule has 0 aromatic heterocycles. The lowest BCUT2D eigenvalue weighted by atomic mass is 10.3. The van der Waals surface area contributed by atoms with Crippen molar-refractivity contribution in [1.82, 2.24) is 4.90 Å². The maximum Gasteiger partial charge on any atom is 0.236 e. The van der Waals surface area contributed by atoms with Crippen LogP contribution in [-0.2, 0) is 4.79 Å². The average Bonchev–Trinajstić information content (AvgIpc) is 2.65. The Kier molecular flexibility index (Phi) is 3.62. The lowest BCUT2D eigenvalue weighted by Crippen LogP contribution is -2.40. The second-order valence-corrected chi connectivity index (χ2v) is 6.23. The number of hydrogen-bond donors (Lipinski definition) is 1. The summed E-state index contributed by atoms with van der Waals surface area (Å²) >= 11 is 3.70. The van der Waals surface area contributed by atoms with Gasteiger partial charge in [0.1, 0.15) is 0 Å². The Morgan fingerprint density at radius 2 is 2.29 bits per heavy atom. The van der Waals surface area contributed by atoms with Crippen LogP contribution in [0.1, 0.15) is 6.42 Å². The summed E-state index contributed by atoms with van der Waals surface area (Å²) in [5.74, 6) is 3.60. The highest BCUT2D eigenvalue weighted by atomic mass is 32.2. The predicted octanol–water partition coefficient (Wildman–Crippen LogP) is 0.395. The van der Waals surface area contributed by atoms with Crippen LogP contribution in [0.5, 0.6) is 0 Å². The van der Waals surface area contributed by atoms with Crippen molar-refractivity contribution in [3.05, 3.63) is 0 Å². The van der Waals surface area contributed by atoms with E-state index in [-0.39, 0.29) is 11.3 Å². The van der Waals surface area contributed by atoms with E-state index >= 15 is 0 Å². The van der Waals surface area contributed by atoms with Crippen LogP contribution in [0.3, 0.4) is 0 Å². The predicted molar refractivity (Wildman–Crippen MR) is 62.7 cm³/mol. The van der Waals surface area contributed by atoms with Crippen LogP contribution in [0.15, 0.2) is 0 Å². The number of carbonyl (C=O) groups is 1. The molecule has 2 saturated heterocycles. The Morgan fingerprint density at radius 1 is 1.43 bits per heavy atom. The van der Waals surface area contributed by atoms with Gasteiger partial charge in [-0.25, -0.2) is 0 Å². The molecular formula is C9H16N2OS2. The third-order valence-electron chi connectivity index (χ3n) is 2.63. The zero-order chi connectivity index (χ0) is 9.97. The van der Waals surface area contributed by atoms with Crippen molar-refractivity contribution in [1.29, 1.82) is 0 Å². The number of nitrogens with zero attached hydrogens (tertiary/aromatic N) is 1. The molecule has 2 aliphatic heterocycles. The molecule has 2 atom stereocenters. The van der Waals surface area contributed by atoms with E-state index in [1.807, 2.05) is 16.7 Å². The monoisotopic (exact) mass is 232 g/mol. The summed E-state index contributed by atoms with van der Waals surface area (Å²) in [6.07, 6.45) is 0.969.